The van der Waals surface area contributed by atoms with Gasteiger partial charge in [0.05, 0.1) is 17.5 Å². The largest absolute Gasteiger partial charge is 0.415 e. The second kappa shape index (κ2) is 9.54. The fraction of sp³-hybridized carbons (Fsp3) is 0.364. The molecular formula is C22H22ClF2N3O3S. The molecule has 0 atom stereocenters. The molecule has 1 aromatic heterocycles. The highest BCUT2D eigenvalue weighted by Gasteiger charge is 2.33. The van der Waals surface area contributed by atoms with Crippen LogP contribution < -0.4 is 4.31 Å². The molecule has 0 saturated heterocycles. The summed E-state index contributed by atoms with van der Waals surface area (Å²) in [6, 6.07) is 13.5. The van der Waals surface area contributed by atoms with Gasteiger partial charge >= 0.3 is 6.43 Å². The second-order valence-corrected chi connectivity index (χ2v) is 10.3. The summed E-state index contributed by atoms with van der Waals surface area (Å²) in [6.07, 6.45) is 1.28. The van der Waals surface area contributed by atoms with Gasteiger partial charge in [0, 0.05) is 10.6 Å². The fourth-order valence-electron chi connectivity index (χ4n) is 3.86. The maximum atomic E-state index is 13.5. The molecule has 0 bridgehead atoms. The summed E-state index contributed by atoms with van der Waals surface area (Å²) >= 11 is 6.14. The van der Waals surface area contributed by atoms with Crippen LogP contribution >= 0.6 is 11.6 Å². The number of nitrogens with zero attached hydrogens (tertiary/aromatic N) is 3. The lowest BCUT2D eigenvalue weighted by Gasteiger charge is -2.31. The standard InChI is InChI=1S/C22H22ClF2N3O3S/c23-17-5-4-6-18(13-17)28(32(29,30)19-7-2-1-3-8-19)14-15-9-11-16(12-10-15)21-26-27-22(31-21)20(24)25/h4-6,9-13,19-20H,1-3,7-8,14H2. The van der Waals surface area contributed by atoms with Gasteiger partial charge in [-0.1, -0.05) is 49.1 Å². The van der Waals surface area contributed by atoms with Crippen LogP contribution in [0.3, 0.4) is 0 Å². The van der Waals surface area contributed by atoms with Crippen LogP contribution in [0.1, 0.15) is 50.0 Å². The molecule has 0 amide bonds. The van der Waals surface area contributed by atoms with Gasteiger partial charge in [-0.15, -0.1) is 10.2 Å². The highest BCUT2D eigenvalue weighted by atomic mass is 35.5. The molecule has 10 heteroatoms. The first-order chi connectivity index (χ1) is 15.3. The maximum absolute atomic E-state index is 13.5. The third kappa shape index (κ3) is 4.94. The predicted molar refractivity (Wildman–Crippen MR) is 118 cm³/mol. The number of anilines is 1. The van der Waals surface area contributed by atoms with Crippen LogP contribution in [0, 0.1) is 0 Å². The van der Waals surface area contributed by atoms with E-state index in [0.29, 0.717) is 29.1 Å². The summed E-state index contributed by atoms with van der Waals surface area (Å²) in [5, 5.41) is 6.99. The van der Waals surface area contributed by atoms with E-state index >= 15 is 0 Å². The molecule has 0 unspecified atom stereocenters. The molecular weight excluding hydrogens is 460 g/mol. The molecule has 1 heterocycles. The number of hydrogen-bond acceptors (Lipinski definition) is 5. The van der Waals surface area contributed by atoms with Gasteiger partial charge < -0.3 is 4.42 Å². The van der Waals surface area contributed by atoms with E-state index in [1.807, 2.05) is 0 Å². The molecule has 6 nitrogen and oxygen atoms in total. The molecule has 32 heavy (non-hydrogen) atoms. The Morgan fingerprint density at radius 3 is 2.41 bits per heavy atom. The molecule has 2 aromatic carbocycles. The van der Waals surface area contributed by atoms with Crippen molar-refractivity contribution in [3.63, 3.8) is 0 Å². The number of sulfonamides is 1. The first kappa shape index (κ1) is 22.7. The van der Waals surface area contributed by atoms with Gasteiger partial charge in [-0.2, -0.15) is 8.78 Å². The third-order valence-electron chi connectivity index (χ3n) is 5.53. The summed E-state index contributed by atoms with van der Waals surface area (Å²) < 4.78 is 58.8. The van der Waals surface area contributed by atoms with Crippen LogP contribution in [0.5, 0.6) is 0 Å². The summed E-state index contributed by atoms with van der Waals surface area (Å²) in [7, 11) is -3.61. The smallest absolute Gasteiger partial charge is 0.314 e. The van der Waals surface area contributed by atoms with E-state index < -0.39 is 27.6 Å². The molecule has 1 aliphatic rings. The molecule has 170 valence electrons. The number of aromatic nitrogens is 2. The van der Waals surface area contributed by atoms with Crippen molar-refractivity contribution in [1.82, 2.24) is 10.2 Å². The van der Waals surface area contributed by atoms with E-state index in [0.717, 1.165) is 24.8 Å². The van der Waals surface area contributed by atoms with Crippen molar-refractivity contribution in [1.29, 1.82) is 0 Å². The van der Waals surface area contributed by atoms with Crippen LogP contribution in [0.4, 0.5) is 14.5 Å². The molecule has 1 fully saturated rings. The van der Waals surface area contributed by atoms with E-state index in [9.17, 15) is 17.2 Å². The molecule has 1 aliphatic carbocycles. The van der Waals surface area contributed by atoms with E-state index in [2.05, 4.69) is 10.2 Å². The fourth-order valence-corrected chi connectivity index (χ4v) is 6.07. The molecule has 0 aliphatic heterocycles. The van der Waals surface area contributed by atoms with Gasteiger partial charge in [0.2, 0.25) is 15.9 Å². The van der Waals surface area contributed by atoms with E-state index in [-0.39, 0.29) is 12.4 Å². The number of halogens is 3. The van der Waals surface area contributed by atoms with Crippen molar-refractivity contribution >= 4 is 27.3 Å². The van der Waals surface area contributed by atoms with Crippen molar-refractivity contribution in [2.24, 2.45) is 0 Å². The summed E-state index contributed by atoms with van der Waals surface area (Å²) in [5.41, 5.74) is 1.70. The van der Waals surface area contributed by atoms with Gasteiger partial charge in [0.1, 0.15) is 0 Å². The summed E-state index contributed by atoms with van der Waals surface area (Å²) in [5.74, 6) is -0.761. The van der Waals surface area contributed by atoms with Crippen LogP contribution in [0.2, 0.25) is 5.02 Å². The second-order valence-electron chi connectivity index (χ2n) is 7.73. The average Bonchev–Trinajstić information content (AvgIpc) is 3.29. The normalized spacial score (nSPS) is 15.2. The number of hydrogen-bond donors (Lipinski definition) is 0. The Kier molecular flexibility index (Phi) is 6.76. The van der Waals surface area contributed by atoms with Crippen molar-refractivity contribution in [2.75, 3.05) is 4.31 Å². The van der Waals surface area contributed by atoms with Crippen molar-refractivity contribution in [3.05, 3.63) is 65.0 Å². The Morgan fingerprint density at radius 1 is 1.06 bits per heavy atom. The molecule has 3 aromatic rings. The summed E-state index contributed by atoms with van der Waals surface area (Å²) in [4.78, 5) is 0. The summed E-state index contributed by atoms with van der Waals surface area (Å²) in [6.45, 7) is 0.117. The Labute approximate surface area is 190 Å². The molecule has 0 N–H and O–H groups in total. The van der Waals surface area contributed by atoms with Gasteiger partial charge in [-0.25, -0.2) is 8.42 Å². The Balaban J connectivity index is 1.62. The van der Waals surface area contributed by atoms with Crippen LogP contribution in [-0.2, 0) is 16.6 Å². The number of alkyl halides is 2. The average molecular weight is 482 g/mol. The highest BCUT2D eigenvalue weighted by molar-refractivity contribution is 7.93. The number of benzene rings is 2. The van der Waals surface area contributed by atoms with Crippen molar-refractivity contribution in [3.8, 4) is 11.5 Å². The van der Waals surface area contributed by atoms with E-state index in [4.69, 9.17) is 16.0 Å². The minimum Gasteiger partial charge on any atom is -0.415 e. The maximum Gasteiger partial charge on any atom is 0.314 e. The van der Waals surface area contributed by atoms with Gasteiger partial charge in [-0.3, -0.25) is 4.31 Å². The molecule has 0 radical (unpaired) electrons. The lowest BCUT2D eigenvalue weighted by Crippen LogP contribution is -2.39. The van der Waals surface area contributed by atoms with Gasteiger partial charge in [0.25, 0.3) is 5.89 Å². The zero-order valence-corrected chi connectivity index (χ0v) is 18.7. The minimum absolute atomic E-state index is 0.0200. The van der Waals surface area contributed by atoms with E-state index in [1.54, 1.807) is 48.5 Å². The first-order valence-electron chi connectivity index (χ1n) is 10.3. The highest BCUT2D eigenvalue weighted by Crippen LogP contribution is 2.32. The molecule has 4 rings (SSSR count). The third-order valence-corrected chi connectivity index (χ3v) is 8.03. The first-order valence-corrected chi connectivity index (χ1v) is 12.2. The lowest BCUT2D eigenvalue weighted by atomic mass is 10.0. The predicted octanol–water partition coefficient (Wildman–Crippen LogP) is 6.00. The Hall–Kier alpha value is -2.52. The molecule has 0 spiro atoms. The number of rotatable bonds is 7. The monoisotopic (exact) mass is 481 g/mol. The quantitative estimate of drug-likeness (QED) is 0.414. The lowest BCUT2D eigenvalue weighted by molar-refractivity contribution is 0.116. The zero-order chi connectivity index (χ0) is 22.7. The van der Waals surface area contributed by atoms with Gasteiger partial charge in [-0.05, 0) is 48.7 Å². The minimum atomic E-state index is -3.61. The topological polar surface area (TPSA) is 76.3 Å². The van der Waals surface area contributed by atoms with Crippen LogP contribution in [0.25, 0.3) is 11.5 Å². The van der Waals surface area contributed by atoms with Crippen molar-refractivity contribution < 1.29 is 21.6 Å². The zero-order valence-electron chi connectivity index (χ0n) is 17.1. The Morgan fingerprint density at radius 2 is 1.78 bits per heavy atom. The van der Waals surface area contributed by atoms with Crippen LogP contribution in [-0.4, -0.2) is 23.9 Å². The Bertz CT molecular complexity index is 1160. The molecule has 1 saturated carbocycles. The van der Waals surface area contributed by atoms with Gasteiger partial charge in [0.15, 0.2) is 0 Å². The van der Waals surface area contributed by atoms with Crippen LogP contribution in [0.15, 0.2) is 52.9 Å². The van der Waals surface area contributed by atoms with E-state index in [1.165, 1.54) is 4.31 Å². The SMILES string of the molecule is O=S(=O)(C1CCCCC1)N(Cc1ccc(-c2nnc(C(F)F)o2)cc1)c1cccc(Cl)c1. The van der Waals surface area contributed by atoms with Crippen molar-refractivity contribution in [2.45, 2.75) is 50.3 Å².